The van der Waals surface area contributed by atoms with Gasteiger partial charge in [0.2, 0.25) is 0 Å². The van der Waals surface area contributed by atoms with Gasteiger partial charge in [0.05, 0.1) is 0 Å². The van der Waals surface area contributed by atoms with Crippen LogP contribution in [0, 0.1) is 0 Å². The van der Waals surface area contributed by atoms with Crippen molar-refractivity contribution in [2.45, 2.75) is 39.5 Å². The molecule has 0 bridgehead atoms. The van der Waals surface area contributed by atoms with E-state index in [0.717, 1.165) is 6.42 Å². The second-order valence-electron chi connectivity index (χ2n) is 2.27. The van der Waals surface area contributed by atoms with E-state index in [4.69, 9.17) is 0 Å². The second-order valence-corrected chi connectivity index (χ2v) is 4.18. The van der Waals surface area contributed by atoms with Gasteiger partial charge in [0.1, 0.15) is 0 Å². The van der Waals surface area contributed by atoms with Crippen LogP contribution in [0.4, 0.5) is 0 Å². The van der Waals surface area contributed by atoms with Crippen molar-refractivity contribution in [2.24, 2.45) is 0 Å². The standard InChI is InChI=1S/C8H14Br2/c1-3-5-6-8(10)7(9)4-2/h3-6H2,1-2H3/b8-7+. The van der Waals surface area contributed by atoms with E-state index in [0.29, 0.717) is 0 Å². The molecule has 60 valence electrons. The number of hydrogen-bond donors (Lipinski definition) is 0. The Morgan fingerprint density at radius 2 is 1.70 bits per heavy atom. The highest BCUT2D eigenvalue weighted by Crippen LogP contribution is 2.25. The average Bonchev–Trinajstić information content (AvgIpc) is 1.98. The summed E-state index contributed by atoms with van der Waals surface area (Å²) in [5.74, 6) is 0. The zero-order valence-electron chi connectivity index (χ0n) is 6.58. The molecule has 0 nitrogen and oxygen atoms in total. The maximum absolute atomic E-state index is 3.54. The Balaban J connectivity index is 3.68. The first kappa shape index (κ1) is 10.7. The minimum absolute atomic E-state index is 1.09. The number of unbranched alkanes of at least 4 members (excludes halogenated alkanes) is 1. The molecule has 0 rings (SSSR count). The van der Waals surface area contributed by atoms with Crippen LogP contribution in [0.3, 0.4) is 0 Å². The molecule has 0 spiro atoms. The maximum Gasteiger partial charge on any atom is 0.00517 e. The summed E-state index contributed by atoms with van der Waals surface area (Å²) in [6, 6.07) is 0. The van der Waals surface area contributed by atoms with Crippen LogP contribution in [0.2, 0.25) is 0 Å². The van der Waals surface area contributed by atoms with Gasteiger partial charge in [0, 0.05) is 8.96 Å². The normalized spacial score (nSPS) is 13.2. The smallest absolute Gasteiger partial charge is 0.00517 e. The van der Waals surface area contributed by atoms with Crippen molar-refractivity contribution in [2.75, 3.05) is 0 Å². The Morgan fingerprint density at radius 3 is 2.10 bits per heavy atom. The van der Waals surface area contributed by atoms with E-state index in [2.05, 4.69) is 45.7 Å². The van der Waals surface area contributed by atoms with Crippen LogP contribution in [0.1, 0.15) is 39.5 Å². The summed E-state index contributed by atoms with van der Waals surface area (Å²) in [7, 11) is 0. The van der Waals surface area contributed by atoms with Crippen molar-refractivity contribution in [1.82, 2.24) is 0 Å². The van der Waals surface area contributed by atoms with Crippen molar-refractivity contribution in [1.29, 1.82) is 0 Å². The van der Waals surface area contributed by atoms with Crippen molar-refractivity contribution >= 4 is 31.9 Å². The van der Waals surface area contributed by atoms with Gasteiger partial charge in [-0.15, -0.1) is 0 Å². The predicted octanol–water partition coefficient (Wildman–Crippen LogP) is 4.59. The lowest BCUT2D eigenvalue weighted by Gasteiger charge is -1.99. The van der Waals surface area contributed by atoms with Crippen molar-refractivity contribution < 1.29 is 0 Å². The molecule has 0 aromatic rings. The topological polar surface area (TPSA) is 0 Å². The lowest BCUT2D eigenvalue weighted by atomic mass is 10.2. The highest BCUT2D eigenvalue weighted by atomic mass is 79.9. The van der Waals surface area contributed by atoms with Gasteiger partial charge in [-0.05, 0) is 19.3 Å². The summed E-state index contributed by atoms with van der Waals surface area (Å²) in [4.78, 5) is 0. The monoisotopic (exact) mass is 268 g/mol. The Hall–Kier alpha value is 0.700. The van der Waals surface area contributed by atoms with Gasteiger partial charge in [0.25, 0.3) is 0 Å². The van der Waals surface area contributed by atoms with E-state index >= 15 is 0 Å². The van der Waals surface area contributed by atoms with Crippen LogP contribution >= 0.6 is 31.9 Å². The van der Waals surface area contributed by atoms with Crippen LogP contribution in [0.5, 0.6) is 0 Å². The predicted molar refractivity (Wildman–Crippen MR) is 54.7 cm³/mol. The maximum atomic E-state index is 3.54. The van der Waals surface area contributed by atoms with Crippen molar-refractivity contribution in [3.63, 3.8) is 0 Å². The first-order valence-corrected chi connectivity index (χ1v) is 5.34. The Labute approximate surface area is 80.3 Å². The molecule has 2 heteroatoms. The van der Waals surface area contributed by atoms with Crippen LogP contribution in [0.15, 0.2) is 8.96 Å². The molecular weight excluding hydrogens is 256 g/mol. The van der Waals surface area contributed by atoms with E-state index in [9.17, 15) is 0 Å². The molecule has 0 heterocycles. The second kappa shape index (κ2) is 6.41. The van der Waals surface area contributed by atoms with E-state index < -0.39 is 0 Å². The molecule has 0 aliphatic heterocycles. The fourth-order valence-electron chi connectivity index (χ4n) is 0.659. The highest BCUT2D eigenvalue weighted by Gasteiger charge is 1.96. The van der Waals surface area contributed by atoms with Crippen LogP contribution in [-0.2, 0) is 0 Å². The van der Waals surface area contributed by atoms with Gasteiger partial charge < -0.3 is 0 Å². The van der Waals surface area contributed by atoms with Crippen LogP contribution in [-0.4, -0.2) is 0 Å². The van der Waals surface area contributed by atoms with Gasteiger partial charge in [-0.3, -0.25) is 0 Å². The fraction of sp³-hybridized carbons (Fsp3) is 0.750. The molecule has 0 aromatic carbocycles. The molecule has 0 radical (unpaired) electrons. The first-order chi connectivity index (χ1) is 4.72. The Kier molecular flexibility index (Phi) is 6.86. The molecule has 0 saturated heterocycles. The minimum atomic E-state index is 1.09. The lowest BCUT2D eigenvalue weighted by Crippen LogP contribution is -1.77. The van der Waals surface area contributed by atoms with Gasteiger partial charge in [0.15, 0.2) is 0 Å². The Morgan fingerprint density at radius 1 is 1.10 bits per heavy atom. The SMILES string of the molecule is CCCC/C(Br)=C(\Br)CC. The molecule has 0 N–H and O–H groups in total. The molecule has 0 unspecified atom stereocenters. The average molecular weight is 270 g/mol. The number of allylic oxidation sites excluding steroid dienone is 2. The van der Waals surface area contributed by atoms with Crippen LogP contribution in [0.25, 0.3) is 0 Å². The number of rotatable bonds is 4. The molecule has 0 amide bonds. The summed E-state index contributed by atoms with van der Waals surface area (Å²) in [5.41, 5.74) is 0. The molecule has 0 saturated carbocycles. The van der Waals surface area contributed by atoms with E-state index in [-0.39, 0.29) is 0 Å². The van der Waals surface area contributed by atoms with E-state index in [1.165, 1.54) is 28.2 Å². The molecule has 0 atom stereocenters. The van der Waals surface area contributed by atoms with Crippen molar-refractivity contribution in [3.8, 4) is 0 Å². The largest absolute Gasteiger partial charge is 0.0654 e. The Bertz CT molecular complexity index is 116. The molecule has 0 aliphatic carbocycles. The molecular formula is C8H14Br2. The van der Waals surface area contributed by atoms with Gasteiger partial charge in [-0.25, -0.2) is 0 Å². The van der Waals surface area contributed by atoms with E-state index in [1.807, 2.05) is 0 Å². The lowest BCUT2D eigenvalue weighted by molar-refractivity contribution is 0.807. The molecule has 0 aliphatic rings. The van der Waals surface area contributed by atoms with Crippen LogP contribution < -0.4 is 0 Å². The zero-order valence-corrected chi connectivity index (χ0v) is 9.76. The number of halogens is 2. The fourth-order valence-corrected chi connectivity index (χ4v) is 1.42. The van der Waals surface area contributed by atoms with Crippen molar-refractivity contribution in [3.05, 3.63) is 8.96 Å². The highest BCUT2D eigenvalue weighted by molar-refractivity contribution is 9.14. The molecule has 0 fully saturated rings. The third-order valence-electron chi connectivity index (χ3n) is 1.35. The van der Waals surface area contributed by atoms with Gasteiger partial charge in [-0.1, -0.05) is 52.1 Å². The summed E-state index contributed by atoms with van der Waals surface area (Å²) >= 11 is 7.04. The van der Waals surface area contributed by atoms with Gasteiger partial charge in [-0.2, -0.15) is 0 Å². The summed E-state index contributed by atoms with van der Waals surface area (Å²) < 4.78 is 2.64. The minimum Gasteiger partial charge on any atom is -0.0654 e. The van der Waals surface area contributed by atoms with E-state index in [1.54, 1.807) is 0 Å². The first-order valence-electron chi connectivity index (χ1n) is 3.75. The quantitative estimate of drug-likeness (QED) is 0.700. The van der Waals surface area contributed by atoms with Gasteiger partial charge >= 0.3 is 0 Å². The zero-order chi connectivity index (χ0) is 7.98. The third-order valence-corrected chi connectivity index (χ3v) is 3.80. The summed E-state index contributed by atoms with van der Waals surface area (Å²) in [5, 5.41) is 0. The third kappa shape index (κ3) is 4.51. The molecule has 10 heavy (non-hydrogen) atoms. The summed E-state index contributed by atoms with van der Waals surface area (Å²) in [6.45, 7) is 4.36. The number of hydrogen-bond acceptors (Lipinski definition) is 0. The molecule has 0 aromatic heterocycles. The summed E-state index contributed by atoms with van der Waals surface area (Å²) in [6.07, 6.45) is 4.80.